The van der Waals surface area contributed by atoms with E-state index in [1.54, 1.807) is 0 Å². The molecule has 2 fully saturated rings. The first-order chi connectivity index (χ1) is 11.1. The van der Waals surface area contributed by atoms with Crippen LogP contribution in [0.4, 0.5) is 0 Å². The summed E-state index contributed by atoms with van der Waals surface area (Å²) >= 11 is 0. The number of amides is 1. The number of carbonyl (C=O) groups is 1. The maximum absolute atomic E-state index is 12.9. The molecule has 1 N–H and O–H groups in total. The van der Waals surface area contributed by atoms with Crippen LogP contribution in [0.5, 0.6) is 0 Å². The number of hydrogen-bond acceptors (Lipinski definition) is 4. The second-order valence-electron chi connectivity index (χ2n) is 7.04. The van der Waals surface area contributed by atoms with Gasteiger partial charge < -0.3 is 15.0 Å². The van der Waals surface area contributed by atoms with E-state index in [1.165, 1.54) is 0 Å². The normalized spacial score (nSPS) is 25.8. The van der Waals surface area contributed by atoms with Gasteiger partial charge in [0.2, 0.25) is 0 Å². The van der Waals surface area contributed by atoms with Gasteiger partial charge in [0.15, 0.2) is 0 Å². The summed E-state index contributed by atoms with van der Waals surface area (Å²) in [7, 11) is 0. The Hall–Kier alpha value is -1.40. The number of nitrogens with one attached hydrogen (secondary N) is 1. The van der Waals surface area contributed by atoms with Crippen LogP contribution < -0.4 is 5.32 Å². The number of carbonyl (C=O) groups excluding carboxylic acids is 1. The van der Waals surface area contributed by atoms with Gasteiger partial charge in [-0.15, -0.1) is 0 Å². The van der Waals surface area contributed by atoms with Crippen LogP contribution in [0.15, 0.2) is 12.3 Å². The average Bonchev–Trinajstić information content (AvgIpc) is 3.05. The Morgan fingerprint density at radius 3 is 3.13 bits per heavy atom. The zero-order valence-electron chi connectivity index (χ0n) is 14.2. The molecule has 23 heavy (non-hydrogen) atoms. The van der Waals surface area contributed by atoms with Crippen LogP contribution in [0.1, 0.15) is 49.6 Å². The van der Waals surface area contributed by atoms with Crippen molar-refractivity contribution in [2.75, 3.05) is 32.8 Å². The number of hydrogen-bond donors (Lipinski definition) is 1. The van der Waals surface area contributed by atoms with E-state index < -0.39 is 0 Å². The van der Waals surface area contributed by atoms with Crippen LogP contribution in [0.3, 0.4) is 0 Å². The van der Waals surface area contributed by atoms with E-state index in [0.717, 1.165) is 32.4 Å². The Morgan fingerprint density at radius 1 is 1.52 bits per heavy atom. The molecule has 0 aliphatic carbocycles. The predicted octanol–water partition coefficient (Wildman–Crippen LogP) is 1.69. The van der Waals surface area contributed by atoms with Crippen LogP contribution in [-0.2, 0) is 4.74 Å². The minimum atomic E-state index is 0.0430. The van der Waals surface area contributed by atoms with Gasteiger partial charge in [-0.05, 0) is 37.8 Å². The first-order valence-corrected chi connectivity index (χ1v) is 8.79. The van der Waals surface area contributed by atoms with E-state index >= 15 is 0 Å². The standard InChI is InChI=1S/C17H28N4O2/c1-13(2)10-15-12-23-9-8-20(15)17(22)16-5-7-21(19-16)14-4-3-6-18-11-14/h5,7,13-15,18H,3-4,6,8-12H2,1-2H3. The maximum atomic E-state index is 12.9. The van der Waals surface area contributed by atoms with E-state index in [1.807, 2.05) is 21.8 Å². The number of nitrogens with zero attached hydrogens (tertiary/aromatic N) is 3. The molecule has 0 spiro atoms. The number of piperidine rings is 1. The van der Waals surface area contributed by atoms with Gasteiger partial charge in [0.1, 0.15) is 5.69 Å². The molecule has 2 aliphatic heterocycles. The summed E-state index contributed by atoms with van der Waals surface area (Å²) in [5.41, 5.74) is 0.561. The van der Waals surface area contributed by atoms with Gasteiger partial charge in [0.25, 0.3) is 5.91 Å². The molecule has 6 heteroatoms. The van der Waals surface area contributed by atoms with Gasteiger partial charge in [0.05, 0.1) is 25.3 Å². The van der Waals surface area contributed by atoms with Crippen molar-refractivity contribution >= 4 is 5.91 Å². The molecule has 2 unspecified atom stereocenters. The average molecular weight is 320 g/mol. The Kier molecular flexibility index (Phi) is 5.33. The van der Waals surface area contributed by atoms with Crippen LogP contribution >= 0.6 is 0 Å². The zero-order chi connectivity index (χ0) is 16.2. The number of morpholine rings is 1. The summed E-state index contributed by atoms with van der Waals surface area (Å²) in [6, 6.07) is 2.39. The van der Waals surface area contributed by atoms with Gasteiger partial charge in [-0.2, -0.15) is 5.10 Å². The smallest absolute Gasteiger partial charge is 0.274 e. The van der Waals surface area contributed by atoms with Gasteiger partial charge in [-0.3, -0.25) is 9.48 Å². The highest BCUT2D eigenvalue weighted by Gasteiger charge is 2.30. The third-order valence-corrected chi connectivity index (χ3v) is 4.70. The quantitative estimate of drug-likeness (QED) is 0.917. The number of ether oxygens (including phenoxy) is 1. The number of aromatic nitrogens is 2. The molecule has 2 atom stereocenters. The SMILES string of the molecule is CC(C)CC1COCCN1C(=O)c1ccn(C2CCCNC2)n1. The molecule has 0 bridgehead atoms. The summed E-state index contributed by atoms with van der Waals surface area (Å²) in [5, 5.41) is 7.96. The van der Waals surface area contributed by atoms with Crippen molar-refractivity contribution in [1.29, 1.82) is 0 Å². The summed E-state index contributed by atoms with van der Waals surface area (Å²) in [4.78, 5) is 14.8. The molecule has 2 saturated heterocycles. The molecule has 1 amide bonds. The zero-order valence-corrected chi connectivity index (χ0v) is 14.2. The Bertz CT molecular complexity index is 522. The van der Waals surface area contributed by atoms with E-state index in [-0.39, 0.29) is 11.9 Å². The fraction of sp³-hybridized carbons (Fsp3) is 0.765. The van der Waals surface area contributed by atoms with Crippen molar-refractivity contribution in [3.8, 4) is 0 Å². The molecule has 0 aromatic carbocycles. The molecular weight excluding hydrogens is 292 g/mol. The van der Waals surface area contributed by atoms with Crippen LogP contribution in [0, 0.1) is 5.92 Å². The predicted molar refractivity (Wildman–Crippen MR) is 88.5 cm³/mol. The molecule has 6 nitrogen and oxygen atoms in total. The lowest BCUT2D eigenvalue weighted by Crippen LogP contribution is -2.49. The lowest BCUT2D eigenvalue weighted by atomic mass is 10.0. The Morgan fingerprint density at radius 2 is 2.39 bits per heavy atom. The molecular formula is C17H28N4O2. The van der Waals surface area contributed by atoms with Crippen molar-refractivity contribution in [2.45, 2.75) is 45.2 Å². The van der Waals surface area contributed by atoms with E-state index in [4.69, 9.17) is 4.74 Å². The van der Waals surface area contributed by atoms with E-state index in [9.17, 15) is 4.79 Å². The van der Waals surface area contributed by atoms with Crippen LogP contribution in [0.25, 0.3) is 0 Å². The van der Waals surface area contributed by atoms with E-state index in [0.29, 0.717) is 37.4 Å². The molecule has 3 rings (SSSR count). The fourth-order valence-corrected chi connectivity index (χ4v) is 3.52. The highest BCUT2D eigenvalue weighted by Crippen LogP contribution is 2.20. The number of rotatable bonds is 4. The summed E-state index contributed by atoms with van der Waals surface area (Å²) in [5.74, 6) is 0.587. The highest BCUT2D eigenvalue weighted by molar-refractivity contribution is 5.92. The third kappa shape index (κ3) is 3.93. The van der Waals surface area contributed by atoms with Gasteiger partial charge in [-0.25, -0.2) is 0 Å². The lowest BCUT2D eigenvalue weighted by Gasteiger charge is -2.36. The molecule has 2 aliphatic rings. The summed E-state index contributed by atoms with van der Waals surface area (Å²) in [6.45, 7) is 8.29. The minimum absolute atomic E-state index is 0.0430. The molecule has 3 heterocycles. The fourth-order valence-electron chi connectivity index (χ4n) is 3.52. The monoisotopic (exact) mass is 320 g/mol. The maximum Gasteiger partial charge on any atom is 0.274 e. The first-order valence-electron chi connectivity index (χ1n) is 8.79. The second-order valence-corrected chi connectivity index (χ2v) is 7.04. The largest absolute Gasteiger partial charge is 0.377 e. The molecule has 0 radical (unpaired) electrons. The molecule has 0 saturated carbocycles. The summed E-state index contributed by atoms with van der Waals surface area (Å²) in [6.07, 6.45) is 5.20. The van der Waals surface area contributed by atoms with Gasteiger partial charge in [0, 0.05) is 19.3 Å². The first kappa shape index (κ1) is 16.5. The van der Waals surface area contributed by atoms with Crippen molar-refractivity contribution in [2.24, 2.45) is 5.92 Å². The molecule has 128 valence electrons. The van der Waals surface area contributed by atoms with Crippen molar-refractivity contribution in [3.05, 3.63) is 18.0 Å². The van der Waals surface area contributed by atoms with Crippen LogP contribution in [0.2, 0.25) is 0 Å². The van der Waals surface area contributed by atoms with Crippen molar-refractivity contribution in [1.82, 2.24) is 20.0 Å². The molecule has 1 aromatic heterocycles. The topological polar surface area (TPSA) is 59.4 Å². The van der Waals surface area contributed by atoms with Crippen molar-refractivity contribution < 1.29 is 9.53 Å². The van der Waals surface area contributed by atoms with Gasteiger partial charge >= 0.3 is 0 Å². The Balaban J connectivity index is 1.69. The summed E-state index contributed by atoms with van der Waals surface area (Å²) < 4.78 is 7.53. The van der Waals surface area contributed by atoms with Crippen molar-refractivity contribution in [3.63, 3.8) is 0 Å². The Labute approximate surface area is 138 Å². The second kappa shape index (κ2) is 7.45. The van der Waals surface area contributed by atoms with E-state index in [2.05, 4.69) is 24.3 Å². The minimum Gasteiger partial charge on any atom is -0.377 e. The lowest BCUT2D eigenvalue weighted by molar-refractivity contribution is -0.00781. The highest BCUT2D eigenvalue weighted by atomic mass is 16.5. The third-order valence-electron chi connectivity index (χ3n) is 4.70. The van der Waals surface area contributed by atoms with Crippen LogP contribution in [-0.4, -0.2) is 59.5 Å². The molecule has 1 aromatic rings. The van der Waals surface area contributed by atoms with Gasteiger partial charge in [-0.1, -0.05) is 13.8 Å².